The van der Waals surface area contributed by atoms with Crippen molar-refractivity contribution >= 4 is 35.5 Å². The van der Waals surface area contributed by atoms with Gasteiger partial charge in [-0.2, -0.15) is 0 Å². The third kappa shape index (κ3) is 13.3. The Labute approximate surface area is 212 Å². The highest BCUT2D eigenvalue weighted by atomic mass is 16.2. The van der Waals surface area contributed by atoms with Crippen LogP contribution in [0, 0.1) is 5.41 Å². The molecule has 1 aliphatic rings. The van der Waals surface area contributed by atoms with Crippen LogP contribution in [0.1, 0.15) is 57.8 Å². The zero-order valence-corrected chi connectivity index (χ0v) is 21.1. The largest absolute Gasteiger partial charge is 0.370 e. The predicted octanol–water partition coefficient (Wildman–Crippen LogP) is -2.19. The van der Waals surface area contributed by atoms with E-state index >= 15 is 0 Å². The van der Waals surface area contributed by atoms with Crippen LogP contribution >= 0.6 is 0 Å². The average Bonchev–Trinajstić information content (AvgIpc) is 2.82. The van der Waals surface area contributed by atoms with Gasteiger partial charge < -0.3 is 43.4 Å². The summed E-state index contributed by atoms with van der Waals surface area (Å²) in [6.45, 7) is 1.74. The highest BCUT2D eigenvalue weighted by molar-refractivity contribution is 5.96. The Balaban J connectivity index is 2.13. The monoisotopic (exact) mass is 510 g/mol. The van der Waals surface area contributed by atoms with E-state index in [0.717, 1.165) is 0 Å². The van der Waals surface area contributed by atoms with Crippen molar-refractivity contribution in [2.75, 3.05) is 33.2 Å². The predicted molar refractivity (Wildman–Crippen MR) is 137 cm³/mol. The van der Waals surface area contributed by atoms with Gasteiger partial charge in [-0.3, -0.25) is 29.6 Å². The second-order valence-electron chi connectivity index (χ2n) is 8.78. The molecular weight excluding hydrogens is 468 g/mol. The first-order chi connectivity index (χ1) is 17.1. The summed E-state index contributed by atoms with van der Waals surface area (Å²) in [6, 6.07) is -1.15. The molecule has 4 amide bonds. The zero-order chi connectivity index (χ0) is 26.9. The summed E-state index contributed by atoms with van der Waals surface area (Å²) in [5.74, 6) is -0.690. The standard InChI is InChI=1S/C22H42N10O4/c1-32(22(25)26)14-10-18(34)28-12-5-3-8-16-20(36)30-15(19(35)31-16)7-2-4-11-27-17(33)9-6-13-29-21(23)24/h15-16H,2-14H2,1H3,(H3,25,26)(H,27,33)(H,28,34)(H,30,36)(H,31,35)(H4,23,24,29)/t15-,16-/m0/s1. The number of nitrogens with one attached hydrogen (secondary N) is 5. The second kappa shape index (κ2) is 16.9. The lowest BCUT2D eigenvalue weighted by atomic mass is 10.0. The number of aliphatic imine (C=N–C) groups is 1. The lowest BCUT2D eigenvalue weighted by Crippen LogP contribution is -2.61. The van der Waals surface area contributed by atoms with Gasteiger partial charge in [0.2, 0.25) is 23.6 Å². The Morgan fingerprint density at radius 3 is 1.86 bits per heavy atom. The highest BCUT2D eigenvalue weighted by Gasteiger charge is 2.32. The Bertz CT molecular complexity index is 785. The maximum Gasteiger partial charge on any atom is 0.243 e. The van der Waals surface area contributed by atoms with Gasteiger partial charge in [0.1, 0.15) is 12.1 Å². The smallest absolute Gasteiger partial charge is 0.243 e. The van der Waals surface area contributed by atoms with Gasteiger partial charge in [-0.1, -0.05) is 0 Å². The molecule has 204 valence electrons. The second-order valence-corrected chi connectivity index (χ2v) is 8.78. The fourth-order valence-corrected chi connectivity index (χ4v) is 3.50. The molecule has 0 bridgehead atoms. The molecule has 1 heterocycles. The molecule has 0 saturated carbocycles. The minimum absolute atomic E-state index is 0.00809. The number of guanidine groups is 2. The molecule has 0 aromatic carbocycles. The van der Waals surface area contributed by atoms with Gasteiger partial charge in [-0.15, -0.1) is 0 Å². The van der Waals surface area contributed by atoms with Crippen molar-refractivity contribution in [1.82, 2.24) is 26.2 Å². The van der Waals surface area contributed by atoms with E-state index in [2.05, 4.69) is 26.3 Å². The lowest BCUT2D eigenvalue weighted by Gasteiger charge is -2.29. The van der Waals surface area contributed by atoms with Gasteiger partial charge in [-0.05, 0) is 44.9 Å². The summed E-state index contributed by atoms with van der Waals surface area (Å²) < 4.78 is 0. The fourth-order valence-electron chi connectivity index (χ4n) is 3.50. The average molecular weight is 511 g/mol. The Morgan fingerprint density at radius 2 is 1.39 bits per heavy atom. The molecule has 1 saturated heterocycles. The molecule has 0 aliphatic carbocycles. The van der Waals surface area contributed by atoms with Crippen LogP contribution in [0.5, 0.6) is 0 Å². The van der Waals surface area contributed by atoms with Gasteiger partial charge in [0.25, 0.3) is 0 Å². The van der Waals surface area contributed by atoms with Gasteiger partial charge in [0.15, 0.2) is 11.9 Å². The molecule has 0 spiro atoms. The van der Waals surface area contributed by atoms with E-state index in [4.69, 9.17) is 22.6 Å². The number of nitrogens with zero attached hydrogens (tertiary/aromatic N) is 2. The molecule has 0 radical (unpaired) electrons. The van der Waals surface area contributed by atoms with Crippen LogP contribution in [0.2, 0.25) is 0 Å². The van der Waals surface area contributed by atoms with E-state index in [1.165, 1.54) is 4.90 Å². The molecule has 1 aliphatic heterocycles. The topological polar surface area (TPSA) is 234 Å². The van der Waals surface area contributed by atoms with E-state index in [9.17, 15) is 19.2 Å². The summed E-state index contributed by atoms with van der Waals surface area (Å²) in [5, 5.41) is 18.4. The Hall–Kier alpha value is -3.58. The Kier molecular flexibility index (Phi) is 14.3. The van der Waals surface area contributed by atoms with E-state index in [-0.39, 0.29) is 42.0 Å². The zero-order valence-electron chi connectivity index (χ0n) is 21.1. The lowest BCUT2D eigenvalue weighted by molar-refractivity contribution is -0.137. The molecule has 1 fully saturated rings. The number of nitrogens with two attached hydrogens (primary N) is 3. The van der Waals surface area contributed by atoms with Gasteiger partial charge in [0.05, 0.1) is 0 Å². The third-order valence-electron chi connectivity index (χ3n) is 5.69. The van der Waals surface area contributed by atoms with Crippen molar-refractivity contribution in [3.63, 3.8) is 0 Å². The fraction of sp³-hybridized carbons (Fsp3) is 0.727. The first-order valence-corrected chi connectivity index (χ1v) is 12.3. The number of piperazine rings is 1. The first-order valence-electron chi connectivity index (χ1n) is 12.3. The van der Waals surface area contributed by atoms with Gasteiger partial charge in [0, 0.05) is 46.1 Å². The van der Waals surface area contributed by atoms with Crippen molar-refractivity contribution in [1.29, 1.82) is 5.41 Å². The van der Waals surface area contributed by atoms with E-state index in [0.29, 0.717) is 77.5 Å². The maximum atomic E-state index is 12.4. The molecular formula is C22H42N10O4. The van der Waals surface area contributed by atoms with Crippen LogP contribution in [-0.4, -0.2) is 85.8 Å². The molecule has 0 unspecified atom stereocenters. The molecule has 14 nitrogen and oxygen atoms in total. The van der Waals surface area contributed by atoms with Crippen LogP contribution in [0.15, 0.2) is 4.99 Å². The first kappa shape index (κ1) is 30.5. The molecule has 0 aromatic heterocycles. The van der Waals surface area contributed by atoms with Crippen molar-refractivity contribution in [2.24, 2.45) is 22.2 Å². The maximum absolute atomic E-state index is 12.4. The summed E-state index contributed by atoms with van der Waals surface area (Å²) in [5.41, 5.74) is 15.8. The van der Waals surface area contributed by atoms with Crippen LogP contribution in [0.4, 0.5) is 0 Å². The molecule has 2 atom stereocenters. The number of carbonyl (C=O) groups is 4. The van der Waals surface area contributed by atoms with Crippen LogP contribution in [0.25, 0.3) is 0 Å². The molecule has 36 heavy (non-hydrogen) atoms. The summed E-state index contributed by atoms with van der Waals surface area (Å²) >= 11 is 0. The van der Waals surface area contributed by atoms with E-state index in [1.54, 1.807) is 7.05 Å². The summed E-state index contributed by atoms with van der Waals surface area (Å²) in [4.78, 5) is 53.6. The van der Waals surface area contributed by atoms with Gasteiger partial charge >= 0.3 is 0 Å². The van der Waals surface area contributed by atoms with Crippen molar-refractivity contribution in [3.05, 3.63) is 0 Å². The normalized spacial score (nSPS) is 16.9. The molecule has 1 rings (SSSR count). The third-order valence-corrected chi connectivity index (χ3v) is 5.69. The molecule has 11 N–H and O–H groups in total. The summed E-state index contributed by atoms with van der Waals surface area (Å²) in [7, 11) is 1.64. The molecule has 14 heteroatoms. The van der Waals surface area contributed by atoms with E-state index in [1.807, 2.05) is 0 Å². The number of unbranched alkanes of at least 4 members (excludes halogenated alkanes) is 2. The number of hydrogen-bond acceptors (Lipinski definition) is 6. The minimum Gasteiger partial charge on any atom is -0.370 e. The molecule has 0 aromatic rings. The van der Waals surface area contributed by atoms with Crippen LogP contribution in [-0.2, 0) is 19.2 Å². The van der Waals surface area contributed by atoms with Crippen LogP contribution < -0.4 is 38.5 Å². The number of amides is 4. The summed E-state index contributed by atoms with van der Waals surface area (Å²) in [6.07, 6.45) is 4.85. The number of rotatable bonds is 17. The quantitative estimate of drug-likeness (QED) is 0.0606. The number of carbonyl (C=O) groups excluding carboxylic acids is 4. The van der Waals surface area contributed by atoms with Crippen molar-refractivity contribution < 1.29 is 19.2 Å². The highest BCUT2D eigenvalue weighted by Crippen LogP contribution is 2.10. The van der Waals surface area contributed by atoms with Gasteiger partial charge in [-0.25, -0.2) is 0 Å². The van der Waals surface area contributed by atoms with Crippen molar-refractivity contribution in [2.45, 2.75) is 69.9 Å². The Morgan fingerprint density at radius 1 is 0.889 bits per heavy atom. The van der Waals surface area contributed by atoms with Crippen molar-refractivity contribution in [3.8, 4) is 0 Å². The minimum atomic E-state index is -0.577. The van der Waals surface area contributed by atoms with Crippen LogP contribution in [0.3, 0.4) is 0 Å². The SMILES string of the molecule is CN(CCC(=O)NCCCC[C@@H]1NC(=O)[C@H](CCCCNC(=O)CCCN=C(N)N)NC1=O)C(=N)N. The number of hydrogen-bond donors (Lipinski definition) is 8. The van der Waals surface area contributed by atoms with E-state index < -0.39 is 12.1 Å².